The zero-order chi connectivity index (χ0) is 18.4. The molecule has 0 radical (unpaired) electrons. The molecule has 1 atom stereocenters. The maximum absolute atomic E-state index is 13.0. The summed E-state index contributed by atoms with van der Waals surface area (Å²) in [5.41, 5.74) is 0.100. The fourth-order valence-corrected chi connectivity index (χ4v) is 3.22. The Kier molecular flexibility index (Phi) is 4.54. The number of carbonyl (C=O) groups is 1. The van der Waals surface area contributed by atoms with Gasteiger partial charge in [0, 0.05) is 11.7 Å². The molecule has 0 aliphatic heterocycles. The first-order valence-electron chi connectivity index (χ1n) is 8.50. The number of amides is 1. The molecule has 6 heteroatoms. The van der Waals surface area contributed by atoms with Crippen molar-refractivity contribution in [1.29, 1.82) is 0 Å². The van der Waals surface area contributed by atoms with Crippen molar-refractivity contribution in [2.24, 2.45) is 0 Å². The molecule has 1 N–H and O–H groups in total. The van der Waals surface area contributed by atoms with Crippen LogP contribution in [0.2, 0.25) is 5.02 Å². The highest BCUT2D eigenvalue weighted by molar-refractivity contribution is 6.35. The molecule has 1 aromatic carbocycles. The van der Waals surface area contributed by atoms with Crippen LogP contribution in [0.1, 0.15) is 58.3 Å². The number of rotatable bonds is 3. The minimum atomic E-state index is -0.573. The van der Waals surface area contributed by atoms with E-state index in [9.17, 15) is 9.59 Å². The number of alkyl carbamates (subject to hydrolysis) is 1. The summed E-state index contributed by atoms with van der Waals surface area (Å²) in [7, 11) is 0. The molecule has 1 aromatic heterocycles. The molecule has 0 bridgehead atoms. The summed E-state index contributed by atoms with van der Waals surface area (Å²) in [6.45, 7) is 7.30. The van der Waals surface area contributed by atoms with E-state index in [1.54, 1.807) is 10.6 Å². The smallest absolute Gasteiger partial charge is 0.408 e. The van der Waals surface area contributed by atoms with Crippen molar-refractivity contribution >= 4 is 28.5 Å². The van der Waals surface area contributed by atoms with Crippen LogP contribution < -0.4 is 10.9 Å². The van der Waals surface area contributed by atoms with Crippen LogP contribution in [0.5, 0.6) is 0 Å². The zero-order valence-electron chi connectivity index (χ0n) is 14.9. The van der Waals surface area contributed by atoms with Crippen molar-refractivity contribution in [2.75, 3.05) is 0 Å². The molecule has 0 spiro atoms. The molecule has 1 fully saturated rings. The Morgan fingerprint density at radius 3 is 2.64 bits per heavy atom. The van der Waals surface area contributed by atoms with E-state index < -0.39 is 11.7 Å². The van der Waals surface area contributed by atoms with Crippen LogP contribution >= 0.6 is 11.6 Å². The molecule has 2 aromatic rings. The number of carbonyl (C=O) groups excluding carboxylic acids is 1. The third-order valence-electron chi connectivity index (χ3n) is 4.15. The fourth-order valence-electron chi connectivity index (χ4n) is 2.95. The molecule has 1 amide bonds. The van der Waals surface area contributed by atoms with Crippen molar-refractivity contribution in [1.82, 2.24) is 9.88 Å². The first-order valence-corrected chi connectivity index (χ1v) is 8.88. The summed E-state index contributed by atoms with van der Waals surface area (Å²) in [4.78, 5) is 25.1. The third kappa shape index (κ3) is 3.82. The van der Waals surface area contributed by atoms with E-state index in [4.69, 9.17) is 16.3 Å². The molecule has 25 heavy (non-hydrogen) atoms. The van der Waals surface area contributed by atoms with Gasteiger partial charge < -0.3 is 14.6 Å². The Bertz CT molecular complexity index is 879. The third-order valence-corrected chi connectivity index (χ3v) is 4.46. The number of benzene rings is 1. The number of fused-ring (bicyclic) bond motifs is 1. The largest absolute Gasteiger partial charge is 0.444 e. The normalized spacial score (nSPS) is 15.9. The highest BCUT2D eigenvalue weighted by Gasteiger charge is 2.30. The van der Waals surface area contributed by atoms with Crippen LogP contribution in [0.15, 0.2) is 29.1 Å². The van der Waals surface area contributed by atoms with Crippen molar-refractivity contribution in [3.8, 4) is 0 Å². The van der Waals surface area contributed by atoms with Crippen LogP contribution in [-0.2, 0) is 4.74 Å². The van der Waals surface area contributed by atoms with E-state index in [0.717, 1.165) is 23.9 Å². The van der Waals surface area contributed by atoms with Crippen molar-refractivity contribution in [2.45, 2.75) is 58.2 Å². The number of hydrogen-bond acceptors (Lipinski definition) is 3. The molecule has 134 valence electrons. The maximum atomic E-state index is 13.0. The highest BCUT2D eigenvalue weighted by Crippen LogP contribution is 2.37. The molecule has 0 unspecified atom stereocenters. The molecule has 5 nitrogen and oxygen atoms in total. The summed E-state index contributed by atoms with van der Waals surface area (Å²) in [5, 5.41) is 4.59. The lowest BCUT2D eigenvalue weighted by Gasteiger charge is -2.24. The quantitative estimate of drug-likeness (QED) is 0.869. The molecule has 1 heterocycles. The fraction of sp³-hybridized carbons (Fsp3) is 0.474. The summed E-state index contributed by atoms with van der Waals surface area (Å²) in [5.74, 6) is 0. The van der Waals surface area contributed by atoms with E-state index in [0.29, 0.717) is 10.4 Å². The van der Waals surface area contributed by atoms with Gasteiger partial charge in [-0.15, -0.1) is 0 Å². The van der Waals surface area contributed by atoms with Crippen LogP contribution in [0.4, 0.5) is 4.79 Å². The van der Waals surface area contributed by atoms with Gasteiger partial charge in [-0.1, -0.05) is 23.7 Å². The highest BCUT2D eigenvalue weighted by atomic mass is 35.5. The summed E-state index contributed by atoms with van der Waals surface area (Å²) >= 11 is 6.25. The Labute approximate surface area is 151 Å². The van der Waals surface area contributed by atoms with E-state index in [1.165, 1.54) is 0 Å². The molecule has 1 aliphatic carbocycles. The summed E-state index contributed by atoms with van der Waals surface area (Å²) in [6.07, 6.45) is 1.42. The Hall–Kier alpha value is -2.01. The second-order valence-electron chi connectivity index (χ2n) is 7.55. The first kappa shape index (κ1) is 17.8. The van der Waals surface area contributed by atoms with E-state index >= 15 is 0 Å². The topological polar surface area (TPSA) is 60.3 Å². The van der Waals surface area contributed by atoms with Gasteiger partial charge in [0.15, 0.2) is 0 Å². The number of nitrogens with zero attached hydrogens (tertiary/aromatic N) is 1. The Morgan fingerprint density at radius 1 is 1.36 bits per heavy atom. The lowest BCUT2D eigenvalue weighted by atomic mass is 10.1. The lowest BCUT2D eigenvalue weighted by molar-refractivity contribution is 0.0506. The molecule has 1 saturated carbocycles. The maximum Gasteiger partial charge on any atom is 0.408 e. The first-order chi connectivity index (χ1) is 11.7. The minimum absolute atomic E-state index is 0.0987. The standard InChI is InChI=1S/C19H23ClN2O3/c1-11(21-18(24)25-19(2,3)4)15-10-12-6-5-7-14(20)16(12)17(23)22(15)13-8-9-13/h5-7,10-11,13H,8-9H2,1-4H3,(H,21,24)/t11-/m0/s1. The molecule has 1 aliphatic rings. The Morgan fingerprint density at radius 2 is 2.04 bits per heavy atom. The number of nitrogens with one attached hydrogen (secondary N) is 1. The van der Waals surface area contributed by atoms with Crippen LogP contribution in [0.3, 0.4) is 0 Å². The van der Waals surface area contributed by atoms with E-state index in [-0.39, 0.29) is 17.6 Å². The van der Waals surface area contributed by atoms with Gasteiger partial charge in [-0.3, -0.25) is 4.79 Å². The monoisotopic (exact) mass is 362 g/mol. The summed E-state index contributed by atoms with van der Waals surface area (Å²) in [6, 6.07) is 7.16. The van der Waals surface area contributed by atoms with Gasteiger partial charge in [-0.2, -0.15) is 0 Å². The van der Waals surface area contributed by atoms with Crippen LogP contribution in [0, 0.1) is 0 Å². The molecule has 3 rings (SSSR count). The molecular weight excluding hydrogens is 340 g/mol. The number of hydrogen-bond donors (Lipinski definition) is 1. The molecule has 0 saturated heterocycles. The van der Waals surface area contributed by atoms with Gasteiger partial charge in [-0.05, 0) is 58.1 Å². The van der Waals surface area contributed by atoms with Gasteiger partial charge in [0.1, 0.15) is 5.60 Å². The Balaban J connectivity index is 2.02. The average molecular weight is 363 g/mol. The van der Waals surface area contributed by atoms with Gasteiger partial charge in [0.2, 0.25) is 0 Å². The predicted octanol–water partition coefficient (Wildman–Crippen LogP) is 4.58. The van der Waals surface area contributed by atoms with Crippen molar-refractivity contribution in [3.63, 3.8) is 0 Å². The van der Waals surface area contributed by atoms with Crippen molar-refractivity contribution < 1.29 is 9.53 Å². The summed E-state index contributed by atoms with van der Waals surface area (Å²) < 4.78 is 7.10. The van der Waals surface area contributed by atoms with E-state index in [2.05, 4.69) is 5.32 Å². The number of pyridine rings is 1. The van der Waals surface area contributed by atoms with Crippen molar-refractivity contribution in [3.05, 3.63) is 45.3 Å². The van der Waals surface area contributed by atoms with Gasteiger partial charge >= 0.3 is 6.09 Å². The van der Waals surface area contributed by atoms with Crippen LogP contribution in [-0.4, -0.2) is 16.3 Å². The van der Waals surface area contributed by atoms with E-state index in [1.807, 2.05) is 45.9 Å². The second kappa shape index (κ2) is 6.37. The number of halogens is 1. The lowest BCUT2D eigenvalue weighted by Crippen LogP contribution is -2.36. The van der Waals surface area contributed by atoms with Gasteiger partial charge in [0.25, 0.3) is 5.56 Å². The predicted molar refractivity (Wildman–Crippen MR) is 99.3 cm³/mol. The zero-order valence-corrected chi connectivity index (χ0v) is 15.7. The second-order valence-corrected chi connectivity index (χ2v) is 7.95. The molecular formula is C19H23ClN2O3. The average Bonchev–Trinajstić information content (AvgIpc) is 3.29. The number of ether oxygens (including phenoxy) is 1. The minimum Gasteiger partial charge on any atom is -0.444 e. The SMILES string of the molecule is C[C@H](NC(=O)OC(C)(C)C)c1cc2cccc(Cl)c2c(=O)n1C1CC1. The van der Waals surface area contributed by atoms with Crippen LogP contribution in [0.25, 0.3) is 10.8 Å². The number of aromatic nitrogens is 1. The van der Waals surface area contributed by atoms with Gasteiger partial charge in [-0.25, -0.2) is 4.79 Å². The van der Waals surface area contributed by atoms with Gasteiger partial charge in [0.05, 0.1) is 16.5 Å².